The van der Waals surface area contributed by atoms with Gasteiger partial charge >= 0.3 is 165 Å². The summed E-state index contributed by atoms with van der Waals surface area (Å²) in [6.07, 6.45) is 19.8. The fourth-order valence-electron chi connectivity index (χ4n) is 4.26. The van der Waals surface area contributed by atoms with Crippen LogP contribution < -0.4 is 5.30 Å². The molecule has 0 spiro atoms. The first-order valence-corrected chi connectivity index (χ1v) is 13.8. The summed E-state index contributed by atoms with van der Waals surface area (Å²) in [4.78, 5) is 0. The van der Waals surface area contributed by atoms with Crippen molar-refractivity contribution in [1.82, 2.24) is 4.67 Å². The van der Waals surface area contributed by atoms with Crippen LogP contribution in [0.1, 0.15) is 90.9 Å². The zero-order chi connectivity index (χ0) is 19.1. The Morgan fingerprint density at radius 2 is 1.04 bits per heavy atom. The van der Waals surface area contributed by atoms with Crippen LogP contribution in [-0.4, -0.2) is 31.1 Å². The van der Waals surface area contributed by atoms with E-state index in [1.54, 1.807) is 5.30 Å². The van der Waals surface area contributed by atoms with Crippen molar-refractivity contribution in [1.29, 1.82) is 0 Å². The van der Waals surface area contributed by atoms with Gasteiger partial charge in [-0.1, -0.05) is 0 Å². The van der Waals surface area contributed by atoms with E-state index in [1.165, 1.54) is 89.4 Å². The van der Waals surface area contributed by atoms with E-state index in [2.05, 4.69) is 62.9 Å². The number of benzene rings is 1. The summed E-state index contributed by atoms with van der Waals surface area (Å²) in [6, 6.07) is 11.5. The van der Waals surface area contributed by atoms with E-state index in [0.717, 1.165) is 0 Å². The Balaban J connectivity index is 2.65. The molecular weight excluding hydrogens is 333 g/mol. The SMILES string of the molecule is CCCCCCCC[PH](CCCCCCCC)(c1ccccc1)N(C)C. The van der Waals surface area contributed by atoms with E-state index in [1.807, 2.05) is 0 Å². The Morgan fingerprint density at radius 3 is 1.46 bits per heavy atom. The number of unbranched alkanes of at least 4 members (excludes halogenated alkanes) is 10. The number of rotatable bonds is 16. The summed E-state index contributed by atoms with van der Waals surface area (Å²) >= 11 is 0. The van der Waals surface area contributed by atoms with Gasteiger partial charge < -0.3 is 0 Å². The molecule has 0 N–H and O–H groups in total. The average molecular weight is 380 g/mol. The maximum absolute atomic E-state index is 2.65. The summed E-state index contributed by atoms with van der Waals surface area (Å²) in [5, 5.41) is 1.66. The molecule has 0 aliphatic rings. The topological polar surface area (TPSA) is 3.24 Å². The second kappa shape index (κ2) is 14.6. The normalized spacial score (nSPS) is 12.7. The first-order chi connectivity index (χ1) is 12.7. The Bertz CT molecular complexity index is 413. The number of nitrogens with zero attached hydrogens (tertiary/aromatic N) is 1. The quantitative estimate of drug-likeness (QED) is 0.216. The molecule has 1 nitrogen and oxygen atoms in total. The third-order valence-electron chi connectivity index (χ3n) is 6.06. The zero-order valence-corrected chi connectivity index (χ0v) is 19.2. The molecule has 0 saturated heterocycles. The van der Waals surface area contributed by atoms with E-state index in [0.29, 0.717) is 0 Å². The third kappa shape index (κ3) is 8.53. The third-order valence-corrected chi connectivity index (χ3v) is 11.5. The number of hydrogen-bond acceptors (Lipinski definition) is 1. The fraction of sp³-hybridized carbons (Fsp3) is 0.750. The van der Waals surface area contributed by atoms with Gasteiger partial charge in [0, 0.05) is 0 Å². The molecule has 0 bridgehead atoms. The first kappa shape index (κ1) is 23.6. The Labute approximate surface area is 165 Å². The van der Waals surface area contributed by atoms with Gasteiger partial charge in [0.25, 0.3) is 0 Å². The van der Waals surface area contributed by atoms with Crippen molar-refractivity contribution in [3.8, 4) is 0 Å². The first-order valence-electron chi connectivity index (χ1n) is 11.4. The van der Waals surface area contributed by atoms with E-state index >= 15 is 0 Å². The van der Waals surface area contributed by atoms with Gasteiger partial charge in [-0.25, -0.2) is 0 Å². The molecule has 152 valence electrons. The van der Waals surface area contributed by atoms with Crippen molar-refractivity contribution in [3.63, 3.8) is 0 Å². The summed E-state index contributed by atoms with van der Waals surface area (Å²) in [5.41, 5.74) is 0. The standard InChI is InChI=1S/C24H46NP/c1-5-7-9-11-13-18-22-26(25(3)4,24-20-16-15-17-21-24)23-19-14-12-10-8-6-2/h15-17,20-21,26H,5-14,18-19,22-23H2,1-4H3. The number of hydrogen-bond donors (Lipinski definition) is 0. The van der Waals surface area contributed by atoms with E-state index < -0.39 is 7.41 Å². The Morgan fingerprint density at radius 1 is 0.615 bits per heavy atom. The molecule has 0 aromatic heterocycles. The van der Waals surface area contributed by atoms with Crippen LogP contribution in [0.25, 0.3) is 0 Å². The predicted octanol–water partition coefficient (Wildman–Crippen LogP) is 7.26. The molecule has 1 aromatic rings. The Hall–Kier alpha value is -0.390. The second-order valence-electron chi connectivity index (χ2n) is 8.33. The van der Waals surface area contributed by atoms with Crippen LogP contribution in [0.5, 0.6) is 0 Å². The molecule has 0 radical (unpaired) electrons. The maximum atomic E-state index is 2.65. The minimum absolute atomic E-state index is 1.35. The zero-order valence-electron chi connectivity index (χ0n) is 18.2. The van der Waals surface area contributed by atoms with Gasteiger partial charge in [0.1, 0.15) is 0 Å². The molecule has 0 aliphatic heterocycles. The molecule has 0 amide bonds. The monoisotopic (exact) mass is 379 g/mol. The van der Waals surface area contributed by atoms with Crippen LogP contribution in [0, 0.1) is 0 Å². The van der Waals surface area contributed by atoms with Gasteiger partial charge in [0.05, 0.1) is 0 Å². The van der Waals surface area contributed by atoms with Crippen molar-refractivity contribution in [2.75, 3.05) is 26.4 Å². The Kier molecular flexibility index (Phi) is 13.3. The van der Waals surface area contributed by atoms with E-state index in [4.69, 9.17) is 0 Å². The van der Waals surface area contributed by atoms with Gasteiger partial charge in [0.15, 0.2) is 0 Å². The summed E-state index contributed by atoms with van der Waals surface area (Å²) in [6.45, 7) is 4.61. The van der Waals surface area contributed by atoms with Crippen molar-refractivity contribution >= 4 is 12.7 Å². The van der Waals surface area contributed by atoms with Crippen molar-refractivity contribution < 1.29 is 0 Å². The van der Waals surface area contributed by atoms with E-state index in [9.17, 15) is 0 Å². The molecule has 0 saturated carbocycles. The fourth-order valence-corrected chi connectivity index (χ4v) is 8.98. The summed E-state index contributed by atoms with van der Waals surface area (Å²) < 4.78 is 2.65. The van der Waals surface area contributed by atoms with Crippen LogP contribution in [0.2, 0.25) is 0 Å². The summed E-state index contributed by atoms with van der Waals surface area (Å²) in [5.74, 6) is 0. The van der Waals surface area contributed by atoms with Gasteiger partial charge in [-0.2, -0.15) is 0 Å². The van der Waals surface area contributed by atoms with Crippen LogP contribution in [0.4, 0.5) is 0 Å². The van der Waals surface area contributed by atoms with Crippen LogP contribution >= 0.6 is 7.41 Å². The molecule has 0 atom stereocenters. The van der Waals surface area contributed by atoms with Gasteiger partial charge in [0.2, 0.25) is 0 Å². The molecular formula is C24H46NP. The van der Waals surface area contributed by atoms with Gasteiger partial charge in [-0.05, 0) is 0 Å². The molecule has 0 aliphatic carbocycles. The molecule has 1 aromatic carbocycles. The molecule has 26 heavy (non-hydrogen) atoms. The van der Waals surface area contributed by atoms with Crippen molar-refractivity contribution in [2.45, 2.75) is 90.9 Å². The van der Waals surface area contributed by atoms with Crippen LogP contribution in [-0.2, 0) is 0 Å². The van der Waals surface area contributed by atoms with E-state index in [-0.39, 0.29) is 0 Å². The average Bonchev–Trinajstić information content (AvgIpc) is 2.66. The van der Waals surface area contributed by atoms with Gasteiger partial charge in [-0.15, -0.1) is 0 Å². The molecule has 0 fully saturated rings. The molecule has 1 rings (SSSR count). The molecule has 0 unspecified atom stereocenters. The molecule has 0 heterocycles. The molecule has 2 heteroatoms. The van der Waals surface area contributed by atoms with Crippen LogP contribution in [0.15, 0.2) is 30.3 Å². The predicted molar refractivity (Wildman–Crippen MR) is 125 cm³/mol. The van der Waals surface area contributed by atoms with Gasteiger partial charge in [-0.3, -0.25) is 0 Å². The van der Waals surface area contributed by atoms with Crippen LogP contribution in [0.3, 0.4) is 0 Å². The van der Waals surface area contributed by atoms with Crippen molar-refractivity contribution in [3.05, 3.63) is 30.3 Å². The summed E-state index contributed by atoms with van der Waals surface area (Å²) in [7, 11) is 3.16. The second-order valence-corrected chi connectivity index (χ2v) is 12.9. The minimum atomic E-state index is -1.55. The van der Waals surface area contributed by atoms with Crippen molar-refractivity contribution in [2.24, 2.45) is 0 Å².